The molecular formula is C20H22N2O3S. The molecule has 26 heavy (non-hydrogen) atoms. The molecule has 6 heteroatoms. The SMILES string of the molecule is CCNC(=O)C1CCN(C(=O)c2cc3c(s2)-c2ccccc2OC3)CC1. The summed E-state index contributed by atoms with van der Waals surface area (Å²) in [7, 11) is 0. The Morgan fingerprint density at radius 3 is 2.81 bits per heavy atom. The lowest BCUT2D eigenvalue weighted by molar-refractivity contribution is -0.126. The lowest BCUT2D eigenvalue weighted by Gasteiger charge is -2.31. The van der Waals surface area contributed by atoms with E-state index < -0.39 is 0 Å². The van der Waals surface area contributed by atoms with Crippen molar-refractivity contribution in [3.63, 3.8) is 0 Å². The van der Waals surface area contributed by atoms with Gasteiger partial charge in [-0.2, -0.15) is 0 Å². The summed E-state index contributed by atoms with van der Waals surface area (Å²) in [6.45, 7) is 4.36. The topological polar surface area (TPSA) is 58.6 Å². The van der Waals surface area contributed by atoms with Gasteiger partial charge in [-0.15, -0.1) is 11.3 Å². The minimum absolute atomic E-state index is 0.0239. The van der Waals surface area contributed by atoms with Crippen molar-refractivity contribution in [1.82, 2.24) is 10.2 Å². The van der Waals surface area contributed by atoms with E-state index in [1.165, 1.54) is 0 Å². The predicted octanol–water partition coefficient (Wildman–Crippen LogP) is 3.30. The lowest BCUT2D eigenvalue weighted by Crippen LogP contribution is -2.42. The Labute approximate surface area is 157 Å². The maximum atomic E-state index is 12.9. The first-order chi connectivity index (χ1) is 12.7. The molecule has 2 aliphatic rings. The van der Waals surface area contributed by atoms with Crippen molar-refractivity contribution in [2.45, 2.75) is 26.4 Å². The Kier molecular flexibility index (Phi) is 4.68. The second-order valence-electron chi connectivity index (χ2n) is 6.71. The smallest absolute Gasteiger partial charge is 0.263 e. The number of benzene rings is 1. The highest BCUT2D eigenvalue weighted by Gasteiger charge is 2.29. The first-order valence-corrected chi connectivity index (χ1v) is 9.91. The standard InChI is InChI=1S/C20H22N2O3S/c1-2-21-19(23)13-7-9-22(10-8-13)20(24)17-11-14-12-25-16-6-4-3-5-15(16)18(14)26-17/h3-6,11,13H,2,7-10,12H2,1H3,(H,21,23). The summed E-state index contributed by atoms with van der Waals surface area (Å²) in [6, 6.07) is 9.92. The number of fused-ring (bicyclic) bond motifs is 3. The van der Waals surface area contributed by atoms with Gasteiger partial charge in [-0.05, 0) is 38.0 Å². The van der Waals surface area contributed by atoms with E-state index in [0.717, 1.165) is 39.5 Å². The molecule has 0 unspecified atom stereocenters. The van der Waals surface area contributed by atoms with E-state index in [9.17, 15) is 9.59 Å². The molecule has 0 spiro atoms. The number of para-hydroxylation sites is 1. The fraction of sp³-hybridized carbons (Fsp3) is 0.400. The van der Waals surface area contributed by atoms with Gasteiger partial charge in [0.2, 0.25) is 5.91 Å². The molecule has 1 saturated heterocycles. The maximum absolute atomic E-state index is 12.9. The molecule has 3 heterocycles. The molecule has 1 aromatic heterocycles. The van der Waals surface area contributed by atoms with Crippen LogP contribution in [0.25, 0.3) is 10.4 Å². The van der Waals surface area contributed by atoms with Crippen LogP contribution in [0.2, 0.25) is 0 Å². The highest BCUT2D eigenvalue weighted by atomic mass is 32.1. The van der Waals surface area contributed by atoms with Gasteiger partial charge in [-0.25, -0.2) is 0 Å². The van der Waals surface area contributed by atoms with Crippen LogP contribution in [-0.4, -0.2) is 36.3 Å². The van der Waals surface area contributed by atoms with Gasteiger partial charge >= 0.3 is 0 Å². The average molecular weight is 370 g/mol. The van der Waals surface area contributed by atoms with Gasteiger partial charge in [0.15, 0.2) is 0 Å². The Morgan fingerprint density at radius 1 is 1.27 bits per heavy atom. The Balaban J connectivity index is 1.48. The number of thiophene rings is 1. The zero-order valence-electron chi connectivity index (χ0n) is 14.8. The van der Waals surface area contributed by atoms with Crippen LogP contribution in [0.5, 0.6) is 5.75 Å². The second-order valence-corrected chi connectivity index (χ2v) is 7.76. The average Bonchev–Trinajstić information content (AvgIpc) is 3.12. The normalized spacial score (nSPS) is 16.4. The molecule has 1 aromatic carbocycles. The molecule has 2 aliphatic heterocycles. The van der Waals surface area contributed by atoms with Crippen molar-refractivity contribution in [3.05, 3.63) is 40.8 Å². The number of rotatable bonds is 3. The minimum atomic E-state index is 0.0239. The minimum Gasteiger partial charge on any atom is -0.488 e. The number of carbonyl (C=O) groups is 2. The van der Waals surface area contributed by atoms with Crippen LogP contribution in [0.15, 0.2) is 30.3 Å². The quantitative estimate of drug-likeness (QED) is 0.902. The van der Waals surface area contributed by atoms with Crippen molar-refractivity contribution in [2.24, 2.45) is 5.92 Å². The van der Waals surface area contributed by atoms with Crippen molar-refractivity contribution < 1.29 is 14.3 Å². The highest BCUT2D eigenvalue weighted by molar-refractivity contribution is 7.17. The second kappa shape index (κ2) is 7.11. The van der Waals surface area contributed by atoms with E-state index in [0.29, 0.717) is 26.2 Å². The largest absolute Gasteiger partial charge is 0.488 e. The summed E-state index contributed by atoms with van der Waals surface area (Å²) < 4.78 is 5.79. The molecule has 2 amide bonds. The summed E-state index contributed by atoms with van der Waals surface area (Å²) in [5.74, 6) is 1.08. The summed E-state index contributed by atoms with van der Waals surface area (Å²) in [6.07, 6.45) is 1.46. The fourth-order valence-corrected chi connectivity index (χ4v) is 4.79. The van der Waals surface area contributed by atoms with E-state index in [-0.39, 0.29) is 17.7 Å². The lowest BCUT2D eigenvalue weighted by atomic mass is 9.96. The number of nitrogens with one attached hydrogen (secondary N) is 1. The molecule has 5 nitrogen and oxygen atoms in total. The Hall–Kier alpha value is -2.34. The van der Waals surface area contributed by atoms with Crippen molar-refractivity contribution in [1.29, 1.82) is 0 Å². The van der Waals surface area contributed by atoms with E-state index in [1.54, 1.807) is 11.3 Å². The van der Waals surface area contributed by atoms with Crippen LogP contribution in [0.3, 0.4) is 0 Å². The van der Waals surface area contributed by atoms with Crippen LogP contribution in [0, 0.1) is 5.92 Å². The zero-order chi connectivity index (χ0) is 18.1. The summed E-state index contributed by atoms with van der Waals surface area (Å²) in [4.78, 5) is 28.7. The van der Waals surface area contributed by atoms with Crippen LogP contribution in [0.1, 0.15) is 35.0 Å². The number of piperidine rings is 1. The van der Waals surface area contributed by atoms with Gasteiger partial charge in [-0.1, -0.05) is 12.1 Å². The van der Waals surface area contributed by atoms with Gasteiger partial charge in [0.25, 0.3) is 5.91 Å². The van der Waals surface area contributed by atoms with Crippen molar-refractivity contribution in [2.75, 3.05) is 19.6 Å². The Morgan fingerprint density at radius 2 is 2.04 bits per heavy atom. The molecule has 0 radical (unpaired) electrons. The number of nitrogens with zero attached hydrogens (tertiary/aromatic N) is 1. The van der Waals surface area contributed by atoms with Crippen LogP contribution in [-0.2, 0) is 11.4 Å². The molecule has 1 fully saturated rings. The first kappa shape index (κ1) is 17.1. The Bertz CT molecular complexity index is 837. The zero-order valence-corrected chi connectivity index (χ0v) is 15.6. The molecule has 0 atom stereocenters. The first-order valence-electron chi connectivity index (χ1n) is 9.09. The summed E-state index contributed by atoms with van der Waals surface area (Å²) in [5, 5.41) is 2.88. The van der Waals surface area contributed by atoms with Crippen LogP contribution < -0.4 is 10.1 Å². The number of amides is 2. The van der Waals surface area contributed by atoms with Crippen molar-refractivity contribution in [3.8, 4) is 16.2 Å². The van der Waals surface area contributed by atoms with Gasteiger partial charge < -0.3 is 15.0 Å². The van der Waals surface area contributed by atoms with Gasteiger partial charge in [0.05, 0.1) is 4.88 Å². The molecule has 1 N–H and O–H groups in total. The van der Waals surface area contributed by atoms with Crippen molar-refractivity contribution >= 4 is 23.2 Å². The molecule has 0 saturated carbocycles. The van der Waals surface area contributed by atoms with Crippen LogP contribution in [0.4, 0.5) is 0 Å². The molecule has 4 rings (SSSR count). The number of ether oxygens (including phenoxy) is 1. The predicted molar refractivity (Wildman–Crippen MR) is 101 cm³/mol. The molecule has 2 aromatic rings. The number of carbonyl (C=O) groups excluding carboxylic acids is 2. The molecular weight excluding hydrogens is 348 g/mol. The number of hydrogen-bond acceptors (Lipinski definition) is 4. The monoisotopic (exact) mass is 370 g/mol. The van der Waals surface area contributed by atoms with Crippen LogP contribution >= 0.6 is 11.3 Å². The highest BCUT2D eigenvalue weighted by Crippen LogP contribution is 2.42. The number of hydrogen-bond donors (Lipinski definition) is 1. The number of likely N-dealkylation sites (tertiary alicyclic amines) is 1. The van der Waals surface area contributed by atoms with Gasteiger partial charge in [-0.3, -0.25) is 9.59 Å². The third-order valence-corrected chi connectivity index (χ3v) is 6.24. The summed E-state index contributed by atoms with van der Waals surface area (Å²) in [5.41, 5.74) is 2.14. The fourth-order valence-electron chi connectivity index (χ4n) is 3.62. The molecule has 0 bridgehead atoms. The molecule has 0 aliphatic carbocycles. The van der Waals surface area contributed by atoms with E-state index in [2.05, 4.69) is 5.32 Å². The molecule has 136 valence electrons. The van der Waals surface area contributed by atoms with Gasteiger partial charge in [0, 0.05) is 41.6 Å². The maximum Gasteiger partial charge on any atom is 0.263 e. The third kappa shape index (κ3) is 3.09. The third-order valence-electron chi connectivity index (χ3n) is 5.04. The van der Waals surface area contributed by atoms with Gasteiger partial charge in [0.1, 0.15) is 12.4 Å². The van der Waals surface area contributed by atoms with E-state index in [4.69, 9.17) is 4.74 Å². The summed E-state index contributed by atoms with van der Waals surface area (Å²) >= 11 is 1.54. The van der Waals surface area contributed by atoms with E-state index >= 15 is 0 Å². The van der Waals surface area contributed by atoms with E-state index in [1.807, 2.05) is 42.2 Å².